The van der Waals surface area contributed by atoms with E-state index in [1.807, 2.05) is 20.8 Å². The molecular weight excluding hydrogens is 262 g/mol. The molecule has 0 aromatic heterocycles. The zero-order valence-corrected chi connectivity index (χ0v) is 12.3. The maximum atomic E-state index is 12.0. The van der Waals surface area contributed by atoms with Crippen LogP contribution in [0.15, 0.2) is 10.6 Å². The maximum absolute atomic E-state index is 12.0. The molecule has 0 aliphatic carbocycles. The Labute approximate surface area is 117 Å². The lowest BCUT2D eigenvalue weighted by molar-refractivity contribution is 0.0203. The number of piperidine rings is 1. The Morgan fingerprint density at radius 2 is 2.26 bits per heavy atom. The Morgan fingerprint density at radius 3 is 2.84 bits per heavy atom. The highest BCUT2D eigenvalue weighted by Gasteiger charge is 2.41. The van der Waals surface area contributed by atoms with Crippen molar-refractivity contribution in [2.24, 2.45) is 11.7 Å². The zero-order chi connectivity index (χ0) is 14.2. The Bertz CT molecular complexity index is 461. The molecule has 1 amide bonds. The Kier molecular flexibility index (Phi) is 3.68. The van der Waals surface area contributed by atoms with Crippen molar-refractivity contribution in [2.75, 3.05) is 13.1 Å². The van der Waals surface area contributed by atoms with Crippen LogP contribution in [-0.4, -0.2) is 34.9 Å². The van der Waals surface area contributed by atoms with Gasteiger partial charge in [0.1, 0.15) is 5.60 Å². The molecule has 1 saturated heterocycles. The molecule has 6 heteroatoms. The number of fused-ring (bicyclic) bond motifs is 1. The Balaban J connectivity index is 1.99. The van der Waals surface area contributed by atoms with Crippen LogP contribution in [0.1, 0.15) is 27.2 Å². The van der Waals surface area contributed by atoms with Crippen LogP contribution in [0.2, 0.25) is 0 Å². The van der Waals surface area contributed by atoms with Crippen LogP contribution in [0.4, 0.5) is 4.79 Å². The first-order valence-electron chi connectivity index (χ1n) is 6.36. The molecule has 2 N–H and O–H groups in total. The van der Waals surface area contributed by atoms with Gasteiger partial charge in [0.15, 0.2) is 0 Å². The van der Waals surface area contributed by atoms with Crippen LogP contribution < -0.4 is 5.73 Å². The third-order valence-electron chi connectivity index (χ3n) is 3.25. The highest BCUT2D eigenvalue weighted by molar-refractivity contribution is 8.03. The number of hydrogen-bond donors (Lipinski definition) is 1. The molecule has 2 heterocycles. The molecular formula is C13H19N3O2S. The molecule has 0 aromatic carbocycles. The van der Waals surface area contributed by atoms with E-state index in [0.717, 1.165) is 6.42 Å². The van der Waals surface area contributed by atoms with Gasteiger partial charge in [0.25, 0.3) is 0 Å². The highest BCUT2D eigenvalue weighted by atomic mass is 32.2. The lowest BCUT2D eigenvalue weighted by Gasteiger charge is -2.35. The van der Waals surface area contributed by atoms with E-state index in [9.17, 15) is 4.79 Å². The van der Waals surface area contributed by atoms with E-state index in [4.69, 9.17) is 15.7 Å². The van der Waals surface area contributed by atoms with Crippen molar-refractivity contribution in [1.82, 2.24) is 4.90 Å². The van der Waals surface area contributed by atoms with Crippen LogP contribution in [0, 0.1) is 17.2 Å². The summed E-state index contributed by atoms with van der Waals surface area (Å²) in [6.07, 6.45) is 0.496. The molecule has 2 rings (SSSR count). The molecule has 0 aromatic rings. The first-order chi connectivity index (χ1) is 8.81. The van der Waals surface area contributed by atoms with Crippen molar-refractivity contribution in [3.63, 3.8) is 0 Å². The van der Waals surface area contributed by atoms with Crippen LogP contribution in [0.3, 0.4) is 0 Å². The fraction of sp³-hybridized carbons (Fsp3) is 0.692. The fourth-order valence-corrected chi connectivity index (χ4v) is 3.75. The van der Waals surface area contributed by atoms with E-state index < -0.39 is 5.60 Å². The number of nitrogens with two attached hydrogens (primary N) is 1. The minimum Gasteiger partial charge on any atom is -0.444 e. The summed E-state index contributed by atoms with van der Waals surface area (Å²) in [6.45, 7) is 6.78. The molecule has 0 spiro atoms. The number of likely N-dealkylation sites (tertiary alicyclic amines) is 1. The first-order valence-corrected chi connectivity index (χ1v) is 7.24. The van der Waals surface area contributed by atoms with Gasteiger partial charge in [0.2, 0.25) is 0 Å². The molecule has 19 heavy (non-hydrogen) atoms. The second-order valence-corrected chi connectivity index (χ2v) is 7.15. The topological polar surface area (TPSA) is 79.3 Å². The van der Waals surface area contributed by atoms with E-state index in [1.54, 1.807) is 4.90 Å². The second kappa shape index (κ2) is 4.97. The third-order valence-corrected chi connectivity index (χ3v) is 4.50. The van der Waals surface area contributed by atoms with Gasteiger partial charge < -0.3 is 15.4 Å². The number of hydrogen-bond acceptors (Lipinski definition) is 5. The van der Waals surface area contributed by atoms with E-state index in [2.05, 4.69) is 6.07 Å². The van der Waals surface area contributed by atoms with Gasteiger partial charge in [0, 0.05) is 24.3 Å². The molecule has 2 unspecified atom stereocenters. The van der Waals surface area contributed by atoms with Crippen molar-refractivity contribution in [2.45, 2.75) is 38.0 Å². The van der Waals surface area contributed by atoms with Crippen molar-refractivity contribution in [1.29, 1.82) is 5.26 Å². The lowest BCUT2D eigenvalue weighted by atomic mass is 9.90. The van der Waals surface area contributed by atoms with Gasteiger partial charge in [-0.3, -0.25) is 0 Å². The number of amides is 1. The molecule has 104 valence electrons. The molecule has 0 bridgehead atoms. The standard InChI is InChI=1S/C13H19N3O2S/c1-13(2,3)18-12(17)16-5-4-8-9(6-14)11(15)19-10(8)7-16/h8,10H,4-5,7,15H2,1-3H3. The maximum Gasteiger partial charge on any atom is 0.410 e. The van der Waals surface area contributed by atoms with E-state index >= 15 is 0 Å². The molecule has 2 atom stereocenters. The smallest absolute Gasteiger partial charge is 0.410 e. The van der Waals surface area contributed by atoms with Crippen LogP contribution in [-0.2, 0) is 4.74 Å². The first kappa shape index (κ1) is 14.1. The quantitative estimate of drug-likeness (QED) is 0.735. The van der Waals surface area contributed by atoms with Gasteiger partial charge >= 0.3 is 6.09 Å². The molecule has 0 radical (unpaired) electrons. The average molecular weight is 281 g/mol. The van der Waals surface area contributed by atoms with Crippen LogP contribution in [0.5, 0.6) is 0 Å². The van der Waals surface area contributed by atoms with Gasteiger partial charge in [-0.25, -0.2) is 4.79 Å². The summed E-state index contributed by atoms with van der Waals surface area (Å²) in [4.78, 5) is 13.7. The number of ether oxygens (including phenoxy) is 1. The minimum absolute atomic E-state index is 0.189. The summed E-state index contributed by atoms with van der Waals surface area (Å²) in [7, 11) is 0. The fourth-order valence-electron chi connectivity index (χ4n) is 2.41. The van der Waals surface area contributed by atoms with Crippen LogP contribution >= 0.6 is 11.8 Å². The average Bonchev–Trinajstić information content (AvgIpc) is 2.60. The number of thioether (sulfide) groups is 1. The van der Waals surface area contributed by atoms with Gasteiger partial charge in [-0.1, -0.05) is 0 Å². The van der Waals surface area contributed by atoms with E-state index in [0.29, 0.717) is 23.7 Å². The van der Waals surface area contributed by atoms with Crippen molar-refractivity contribution in [3.05, 3.63) is 10.6 Å². The van der Waals surface area contributed by atoms with E-state index in [1.165, 1.54) is 11.8 Å². The molecule has 0 saturated carbocycles. The molecule has 2 aliphatic heterocycles. The SMILES string of the molecule is CC(C)(C)OC(=O)N1CCC2C(C#N)=C(N)SC2C1. The number of allylic oxidation sites excluding steroid dienone is 1. The predicted octanol–water partition coefficient (Wildman–Crippen LogP) is 2.05. The highest BCUT2D eigenvalue weighted by Crippen LogP contribution is 2.43. The Hall–Kier alpha value is -1.35. The molecule has 5 nitrogen and oxygen atoms in total. The predicted molar refractivity (Wildman–Crippen MR) is 74.1 cm³/mol. The van der Waals surface area contributed by atoms with Gasteiger partial charge in [-0.05, 0) is 27.2 Å². The number of nitriles is 1. The van der Waals surface area contributed by atoms with Gasteiger partial charge in [0.05, 0.1) is 16.7 Å². The number of carbonyl (C=O) groups excluding carboxylic acids is 1. The number of rotatable bonds is 0. The summed E-state index contributed by atoms with van der Waals surface area (Å²) in [5.74, 6) is 0.189. The lowest BCUT2D eigenvalue weighted by Crippen LogP contribution is -2.46. The molecule has 1 fully saturated rings. The van der Waals surface area contributed by atoms with Crippen molar-refractivity contribution in [3.8, 4) is 6.07 Å². The normalized spacial score (nSPS) is 26.9. The monoisotopic (exact) mass is 281 g/mol. The largest absolute Gasteiger partial charge is 0.444 e. The number of carbonyl (C=O) groups is 1. The van der Waals surface area contributed by atoms with Gasteiger partial charge in [-0.15, -0.1) is 11.8 Å². The van der Waals surface area contributed by atoms with Gasteiger partial charge in [-0.2, -0.15) is 5.26 Å². The minimum atomic E-state index is -0.480. The number of nitrogens with zero attached hydrogens (tertiary/aromatic N) is 2. The van der Waals surface area contributed by atoms with Crippen molar-refractivity contribution >= 4 is 17.9 Å². The van der Waals surface area contributed by atoms with E-state index in [-0.39, 0.29) is 17.3 Å². The Morgan fingerprint density at radius 1 is 1.58 bits per heavy atom. The summed E-state index contributed by atoms with van der Waals surface area (Å²) >= 11 is 1.51. The summed E-state index contributed by atoms with van der Waals surface area (Å²) in [5, 5.41) is 9.90. The second-order valence-electron chi connectivity index (χ2n) is 5.87. The zero-order valence-electron chi connectivity index (χ0n) is 11.5. The molecule has 2 aliphatic rings. The summed E-state index contributed by atoms with van der Waals surface area (Å²) in [6, 6.07) is 2.19. The van der Waals surface area contributed by atoms with Crippen molar-refractivity contribution < 1.29 is 9.53 Å². The summed E-state index contributed by atoms with van der Waals surface area (Å²) < 4.78 is 5.37. The van der Waals surface area contributed by atoms with Crippen LogP contribution in [0.25, 0.3) is 0 Å². The third kappa shape index (κ3) is 2.98. The summed E-state index contributed by atoms with van der Waals surface area (Å²) in [5.41, 5.74) is 6.07.